The van der Waals surface area contributed by atoms with E-state index in [0.29, 0.717) is 12.6 Å². The predicted molar refractivity (Wildman–Crippen MR) is 70.8 cm³/mol. The molecule has 1 saturated heterocycles. The fraction of sp³-hybridized carbons (Fsp3) is 0.818. The highest BCUT2D eigenvalue weighted by molar-refractivity contribution is 5.95. The van der Waals surface area contributed by atoms with Crippen LogP contribution in [0.1, 0.15) is 19.8 Å². The largest absolute Gasteiger partial charge is 0.335 e. The van der Waals surface area contributed by atoms with Crippen LogP contribution in [0.15, 0.2) is 0 Å². The van der Waals surface area contributed by atoms with Gasteiger partial charge in [0.05, 0.1) is 6.54 Å². The van der Waals surface area contributed by atoms with E-state index >= 15 is 0 Å². The Morgan fingerprint density at radius 2 is 2.11 bits per heavy atom. The van der Waals surface area contributed by atoms with Crippen molar-refractivity contribution in [2.24, 2.45) is 0 Å². The topological polar surface area (TPSA) is 73.5 Å². The van der Waals surface area contributed by atoms with Crippen molar-refractivity contribution in [3.63, 3.8) is 0 Å². The van der Waals surface area contributed by atoms with Crippen LogP contribution in [0.3, 0.4) is 0 Å². The lowest BCUT2D eigenvalue weighted by molar-refractivity contribution is -0.121. The quantitative estimate of drug-likeness (QED) is 0.661. The Kier molecular flexibility index (Phi) is 5.84. The third kappa shape index (κ3) is 4.80. The molecule has 1 atom stereocenters. The lowest BCUT2D eigenvalue weighted by Crippen LogP contribution is -2.54. The number of carbonyl (C=O) groups excluding carboxylic acids is 2. The summed E-state index contributed by atoms with van der Waals surface area (Å²) in [6, 6.07) is 0.252. The number of carbonyl (C=O) groups is 2. The van der Waals surface area contributed by atoms with E-state index in [0.717, 1.165) is 32.5 Å². The average Bonchev–Trinajstić information content (AvgIpc) is 3.05. The molecular weight excluding hydrogens is 256 g/mol. The molecule has 2 rings (SSSR count). The highest BCUT2D eigenvalue weighted by Gasteiger charge is 2.25. The summed E-state index contributed by atoms with van der Waals surface area (Å²) in [4.78, 5) is 25.1. The first-order chi connectivity index (χ1) is 8.15. The Morgan fingerprint density at radius 3 is 2.72 bits per heavy atom. The Bertz CT molecular complexity index is 309. The van der Waals surface area contributed by atoms with Gasteiger partial charge in [-0.2, -0.15) is 0 Å². The summed E-state index contributed by atoms with van der Waals surface area (Å²) in [5, 5.41) is 8.36. The van der Waals surface area contributed by atoms with E-state index in [9.17, 15) is 9.59 Å². The van der Waals surface area contributed by atoms with Crippen LogP contribution in [-0.4, -0.2) is 55.1 Å². The van der Waals surface area contributed by atoms with Crippen LogP contribution in [0.25, 0.3) is 0 Å². The highest BCUT2D eigenvalue weighted by Crippen LogP contribution is 2.18. The van der Waals surface area contributed by atoms with E-state index in [2.05, 4.69) is 27.8 Å². The molecule has 2 aliphatic rings. The maximum absolute atomic E-state index is 11.6. The Morgan fingerprint density at radius 1 is 1.39 bits per heavy atom. The molecule has 0 aromatic heterocycles. The Hall–Kier alpha value is -0.850. The number of rotatable bonds is 3. The van der Waals surface area contributed by atoms with Gasteiger partial charge in [0.1, 0.15) is 0 Å². The van der Waals surface area contributed by atoms with Crippen LogP contribution in [0.5, 0.6) is 0 Å². The van der Waals surface area contributed by atoms with E-state index in [1.807, 2.05) is 0 Å². The van der Waals surface area contributed by atoms with Gasteiger partial charge in [-0.3, -0.25) is 15.0 Å². The average molecular weight is 277 g/mol. The van der Waals surface area contributed by atoms with Gasteiger partial charge in [0.15, 0.2) is 0 Å². The van der Waals surface area contributed by atoms with E-state index < -0.39 is 0 Å². The molecule has 1 aliphatic carbocycles. The van der Waals surface area contributed by atoms with Crippen LogP contribution in [-0.2, 0) is 4.79 Å². The van der Waals surface area contributed by atoms with Gasteiger partial charge < -0.3 is 10.6 Å². The van der Waals surface area contributed by atoms with Crippen molar-refractivity contribution in [3.05, 3.63) is 0 Å². The normalized spacial score (nSPS) is 23.9. The van der Waals surface area contributed by atoms with Gasteiger partial charge in [-0.05, 0) is 19.8 Å². The van der Waals surface area contributed by atoms with Crippen LogP contribution < -0.4 is 16.0 Å². The maximum Gasteiger partial charge on any atom is 0.321 e. The molecule has 104 valence electrons. The molecule has 0 unspecified atom stereocenters. The van der Waals surface area contributed by atoms with Gasteiger partial charge in [0.25, 0.3) is 0 Å². The highest BCUT2D eigenvalue weighted by atomic mass is 35.5. The zero-order valence-corrected chi connectivity index (χ0v) is 11.4. The summed E-state index contributed by atoms with van der Waals surface area (Å²) in [7, 11) is 0. The Balaban J connectivity index is 0.00000162. The number of urea groups is 1. The van der Waals surface area contributed by atoms with E-state index in [1.165, 1.54) is 0 Å². The van der Waals surface area contributed by atoms with E-state index in [-0.39, 0.29) is 30.4 Å². The maximum atomic E-state index is 11.6. The molecule has 3 amide bonds. The summed E-state index contributed by atoms with van der Waals surface area (Å²) in [5.74, 6) is -0.225. The fourth-order valence-electron chi connectivity index (χ4n) is 1.92. The molecule has 2 fully saturated rings. The minimum atomic E-state index is -0.361. The molecule has 7 heteroatoms. The van der Waals surface area contributed by atoms with Crippen molar-refractivity contribution >= 4 is 24.3 Å². The second-order valence-corrected chi connectivity index (χ2v) is 4.82. The lowest BCUT2D eigenvalue weighted by Gasteiger charge is -2.33. The lowest BCUT2D eigenvalue weighted by atomic mass is 10.2. The first-order valence-corrected chi connectivity index (χ1v) is 6.20. The molecule has 1 heterocycles. The molecule has 0 aromatic carbocycles. The standard InChI is InChI=1S/C11H20N4O2.ClH/c1-8-6-12-4-5-15(8)7-10(16)14-11(17)13-9-2-3-9;/h8-9,12H,2-7H2,1H3,(H2,13,14,16,17);1H/t8-;/m1./s1. The summed E-state index contributed by atoms with van der Waals surface area (Å²) in [6.45, 7) is 5.00. The summed E-state index contributed by atoms with van der Waals surface area (Å²) in [5.41, 5.74) is 0. The minimum absolute atomic E-state index is 0. The zero-order chi connectivity index (χ0) is 12.3. The third-order valence-corrected chi connectivity index (χ3v) is 3.15. The van der Waals surface area contributed by atoms with E-state index in [1.54, 1.807) is 0 Å². The van der Waals surface area contributed by atoms with Crippen molar-refractivity contribution in [2.45, 2.75) is 31.8 Å². The first-order valence-electron chi connectivity index (χ1n) is 6.20. The molecule has 6 nitrogen and oxygen atoms in total. The van der Waals surface area contributed by atoms with Gasteiger partial charge in [-0.1, -0.05) is 0 Å². The van der Waals surface area contributed by atoms with Crippen molar-refractivity contribution in [2.75, 3.05) is 26.2 Å². The van der Waals surface area contributed by atoms with Gasteiger partial charge in [0, 0.05) is 31.7 Å². The van der Waals surface area contributed by atoms with Gasteiger partial charge in [-0.25, -0.2) is 4.79 Å². The smallest absolute Gasteiger partial charge is 0.321 e. The summed E-state index contributed by atoms with van der Waals surface area (Å²) >= 11 is 0. The molecule has 0 radical (unpaired) electrons. The fourth-order valence-corrected chi connectivity index (χ4v) is 1.92. The molecule has 3 N–H and O–H groups in total. The van der Waals surface area contributed by atoms with Crippen molar-refractivity contribution in [1.29, 1.82) is 0 Å². The molecule has 18 heavy (non-hydrogen) atoms. The van der Waals surface area contributed by atoms with Crippen LogP contribution in [0, 0.1) is 0 Å². The van der Waals surface area contributed by atoms with Crippen molar-refractivity contribution < 1.29 is 9.59 Å². The van der Waals surface area contributed by atoms with Gasteiger partial charge in [0.2, 0.25) is 5.91 Å². The van der Waals surface area contributed by atoms with Crippen molar-refractivity contribution in [3.8, 4) is 0 Å². The monoisotopic (exact) mass is 276 g/mol. The number of nitrogens with zero attached hydrogens (tertiary/aromatic N) is 1. The van der Waals surface area contributed by atoms with Gasteiger partial charge >= 0.3 is 6.03 Å². The van der Waals surface area contributed by atoms with Crippen molar-refractivity contribution in [1.82, 2.24) is 20.9 Å². The number of amides is 3. The predicted octanol–water partition coefficient (Wildman–Crippen LogP) is -0.310. The second-order valence-electron chi connectivity index (χ2n) is 4.82. The van der Waals surface area contributed by atoms with Crippen LogP contribution >= 0.6 is 12.4 Å². The molecular formula is C11H21ClN4O2. The van der Waals surface area contributed by atoms with Crippen LogP contribution in [0.4, 0.5) is 4.79 Å². The molecule has 1 saturated carbocycles. The van der Waals surface area contributed by atoms with Crippen LogP contribution in [0.2, 0.25) is 0 Å². The number of imide groups is 1. The number of hydrogen-bond acceptors (Lipinski definition) is 4. The summed E-state index contributed by atoms with van der Waals surface area (Å²) in [6.07, 6.45) is 2.05. The van der Waals surface area contributed by atoms with E-state index in [4.69, 9.17) is 0 Å². The summed E-state index contributed by atoms with van der Waals surface area (Å²) < 4.78 is 0. The molecule has 0 aromatic rings. The number of hydrogen-bond donors (Lipinski definition) is 3. The third-order valence-electron chi connectivity index (χ3n) is 3.15. The molecule has 0 bridgehead atoms. The minimum Gasteiger partial charge on any atom is -0.335 e. The SMILES string of the molecule is C[C@@H]1CNCCN1CC(=O)NC(=O)NC1CC1.Cl. The number of halogens is 1. The molecule has 1 aliphatic heterocycles. The number of nitrogens with one attached hydrogen (secondary N) is 3. The molecule has 0 spiro atoms. The first kappa shape index (κ1) is 15.2. The van der Waals surface area contributed by atoms with Gasteiger partial charge in [-0.15, -0.1) is 12.4 Å². The Labute approximate surface area is 113 Å². The second kappa shape index (κ2) is 6.92. The number of piperazine rings is 1. The zero-order valence-electron chi connectivity index (χ0n) is 10.6.